The van der Waals surface area contributed by atoms with E-state index in [0.717, 1.165) is 36.8 Å². The van der Waals surface area contributed by atoms with Crippen molar-refractivity contribution in [2.45, 2.75) is 116 Å². The number of alkyl carbamates (subject to hydrolysis) is 1. The van der Waals surface area contributed by atoms with Crippen LogP contribution in [-0.2, 0) is 30.3 Å². The molecule has 0 aliphatic heterocycles. The van der Waals surface area contributed by atoms with Crippen LogP contribution in [0, 0.1) is 0 Å². The molecule has 0 fully saturated rings. The van der Waals surface area contributed by atoms with Crippen molar-refractivity contribution < 1.29 is 33.8 Å². The van der Waals surface area contributed by atoms with E-state index in [0.29, 0.717) is 12.0 Å². The minimum absolute atomic E-state index is 0.154. The van der Waals surface area contributed by atoms with Gasteiger partial charge in [0.25, 0.3) is 0 Å². The lowest BCUT2D eigenvalue weighted by Gasteiger charge is -2.35. The maximum absolute atomic E-state index is 14.5. The van der Waals surface area contributed by atoms with Gasteiger partial charge in [-0.15, -0.1) is 0 Å². The van der Waals surface area contributed by atoms with E-state index in [-0.39, 0.29) is 13.0 Å². The number of unbranched alkanes of at least 4 members (excludes halogenated alkanes) is 4. The number of amides is 3. The second-order valence-electron chi connectivity index (χ2n) is 13.9. The molecule has 3 atom stereocenters. The zero-order valence-corrected chi connectivity index (χ0v) is 29.7. The average Bonchev–Trinajstić information content (AvgIpc) is 3.01. The third-order valence-corrected chi connectivity index (χ3v) is 7.27. The third kappa shape index (κ3) is 13.9. The molecule has 0 aliphatic rings. The van der Waals surface area contributed by atoms with Gasteiger partial charge in [-0.1, -0.05) is 93.8 Å². The molecule has 3 unspecified atom stereocenters. The summed E-state index contributed by atoms with van der Waals surface area (Å²) in [6.45, 7) is 15.7. The van der Waals surface area contributed by atoms with Crippen molar-refractivity contribution in [3.05, 3.63) is 77.9 Å². The molecule has 264 valence electrons. The fourth-order valence-corrected chi connectivity index (χ4v) is 5.08. The van der Waals surface area contributed by atoms with Crippen molar-refractivity contribution in [3.63, 3.8) is 0 Å². The summed E-state index contributed by atoms with van der Waals surface area (Å²) < 4.78 is 11.1. The lowest BCUT2D eigenvalue weighted by molar-refractivity contribution is -0.159. The number of nitrogens with zero attached hydrogens (tertiary/aromatic N) is 1. The fraction of sp³-hybridized carbons (Fsp3) is 0.526. The number of hydrogen-bond acceptors (Lipinski definition) is 7. The predicted octanol–water partition coefficient (Wildman–Crippen LogP) is 6.12. The highest BCUT2D eigenvalue weighted by atomic mass is 16.6. The van der Waals surface area contributed by atoms with Gasteiger partial charge in [-0.2, -0.15) is 0 Å². The number of aliphatic hydroxyl groups excluding tert-OH is 1. The summed E-state index contributed by atoms with van der Waals surface area (Å²) in [5.74, 6) is -1.89. The van der Waals surface area contributed by atoms with E-state index in [1.165, 1.54) is 4.90 Å². The number of carbonyl (C=O) groups is 4. The molecule has 0 aliphatic carbocycles. The Balaban J connectivity index is 2.61. The van der Waals surface area contributed by atoms with Gasteiger partial charge < -0.3 is 30.1 Å². The Kier molecular flexibility index (Phi) is 15.8. The normalized spacial score (nSPS) is 13.4. The average molecular weight is 666 g/mol. The van der Waals surface area contributed by atoms with Crippen molar-refractivity contribution in [2.75, 3.05) is 13.2 Å². The van der Waals surface area contributed by atoms with Gasteiger partial charge in [-0.25, -0.2) is 9.59 Å². The van der Waals surface area contributed by atoms with E-state index in [1.54, 1.807) is 65.8 Å². The quantitative estimate of drug-likeness (QED) is 0.137. The Morgan fingerprint density at radius 2 is 1.50 bits per heavy atom. The first-order valence-corrected chi connectivity index (χ1v) is 16.8. The first kappa shape index (κ1) is 40.0. The van der Waals surface area contributed by atoms with E-state index in [1.807, 2.05) is 36.4 Å². The van der Waals surface area contributed by atoms with E-state index in [2.05, 4.69) is 24.1 Å². The van der Waals surface area contributed by atoms with E-state index < -0.39 is 59.8 Å². The Hall–Kier alpha value is -4.18. The summed E-state index contributed by atoms with van der Waals surface area (Å²) in [5.41, 5.74) is 0.360. The maximum Gasteiger partial charge on any atom is 0.408 e. The zero-order valence-electron chi connectivity index (χ0n) is 29.7. The maximum atomic E-state index is 14.5. The van der Waals surface area contributed by atoms with E-state index >= 15 is 0 Å². The number of benzene rings is 2. The summed E-state index contributed by atoms with van der Waals surface area (Å²) in [6, 6.07) is 12.6. The lowest BCUT2D eigenvalue weighted by Crippen LogP contribution is -2.56. The van der Waals surface area contributed by atoms with Crippen LogP contribution in [0.15, 0.2) is 61.2 Å². The second kappa shape index (κ2) is 19.0. The molecule has 0 radical (unpaired) electrons. The zero-order chi connectivity index (χ0) is 35.9. The van der Waals surface area contributed by atoms with Crippen molar-refractivity contribution in [1.82, 2.24) is 15.5 Å². The van der Waals surface area contributed by atoms with Crippen molar-refractivity contribution in [2.24, 2.45) is 0 Å². The van der Waals surface area contributed by atoms with Crippen LogP contribution in [0.2, 0.25) is 0 Å². The predicted molar refractivity (Wildman–Crippen MR) is 188 cm³/mol. The van der Waals surface area contributed by atoms with Crippen molar-refractivity contribution in [3.8, 4) is 0 Å². The highest BCUT2D eigenvalue weighted by Gasteiger charge is 2.38. The number of rotatable bonds is 17. The molecule has 2 rings (SSSR count). The summed E-state index contributed by atoms with van der Waals surface area (Å²) in [6.07, 6.45) is 5.29. The first-order valence-electron chi connectivity index (χ1n) is 16.8. The number of aliphatic hydroxyl groups is 1. The number of ether oxygens (including phenoxy) is 2. The Morgan fingerprint density at radius 3 is 2.08 bits per heavy atom. The van der Waals surface area contributed by atoms with Crippen LogP contribution < -0.4 is 10.6 Å². The van der Waals surface area contributed by atoms with E-state index in [4.69, 9.17) is 9.47 Å². The molecule has 10 heteroatoms. The smallest absolute Gasteiger partial charge is 0.408 e. The molecule has 0 saturated carbocycles. The Morgan fingerprint density at radius 1 is 0.854 bits per heavy atom. The molecule has 3 N–H and O–H groups in total. The van der Waals surface area contributed by atoms with Gasteiger partial charge in [-0.3, -0.25) is 9.59 Å². The standard InChI is InChI=1S/C38H55N3O7/c1-9-11-12-13-17-23-41(34(44)31(26-42)40-36(46)48-38(6,7)8)32(29-22-18-21-27(10-2)24-29)33(43)39-30(35(45)47-37(3,4)5)25-28-19-15-14-16-20-28/h10,14-16,18-22,24,30-32,42H,2,9,11-13,17,23,25-26H2,1,3-8H3,(H,39,43)(H,40,46). The molecule has 0 heterocycles. The van der Waals surface area contributed by atoms with Gasteiger partial charge in [0.15, 0.2) is 0 Å². The number of carbonyl (C=O) groups excluding carboxylic acids is 4. The summed E-state index contributed by atoms with van der Waals surface area (Å²) in [5, 5.41) is 15.7. The molecule has 0 spiro atoms. The lowest BCUT2D eigenvalue weighted by atomic mass is 9.98. The minimum atomic E-state index is -1.39. The fourth-order valence-electron chi connectivity index (χ4n) is 5.08. The van der Waals surface area contributed by atoms with Gasteiger partial charge in [0, 0.05) is 13.0 Å². The molecule has 2 aromatic rings. The van der Waals surface area contributed by atoms with Gasteiger partial charge in [-0.05, 0) is 70.7 Å². The third-order valence-electron chi connectivity index (χ3n) is 7.27. The van der Waals surface area contributed by atoms with Crippen LogP contribution in [0.4, 0.5) is 4.79 Å². The molecule has 10 nitrogen and oxygen atoms in total. The van der Waals surface area contributed by atoms with Crippen LogP contribution in [0.25, 0.3) is 6.08 Å². The molecule has 0 aromatic heterocycles. The van der Waals surface area contributed by atoms with Gasteiger partial charge in [0.05, 0.1) is 6.61 Å². The summed E-state index contributed by atoms with van der Waals surface area (Å²) in [7, 11) is 0. The van der Waals surface area contributed by atoms with Crippen LogP contribution >= 0.6 is 0 Å². The summed E-state index contributed by atoms with van der Waals surface area (Å²) >= 11 is 0. The van der Waals surface area contributed by atoms with E-state index in [9.17, 15) is 24.3 Å². The molecule has 2 aromatic carbocycles. The topological polar surface area (TPSA) is 134 Å². The van der Waals surface area contributed by atoms with Gasteiger partial charge in [0.1, 0.15) is 29.3 Å². The SMILES string of the molecule is C=Cc1cccc(C(C(=O)NC(Cc2ccccc2)C(=O)OC(C)(C)C)N(CCCCCCC)C(=O)C(CO)NC(=O)OC(C)(C)C)c1. The number of hydrogen-bond donors (Lipinski definition) is 3. The highest BCUT2D eigenvalue weighted by molar-refractivity contribution is 5.94. The van der Waals surface area contributed by atoms with Crippen molar-refractivity contribution >= 4 is 30.0 Å². The summed E-state index contributed by atoms with van der Waals surface area (Å²) in [4.78, 5) is 56.3. The largest absolute Gasteiger partial charge is 0.458 e. The molecule has 48 heavy (non-hydrogen) atoms. The highest BCUT2D eigenvalue weighted by Crippen LogP contribution is 2.26. The van der Waals surface area contributed by atoms with Gasteiger partial charge in [0.2, 0.25) is 11.8 Å². The first-order chi connectivity index (χ1) is 22.6. The number of nitrogens with one attached hydrogen (secondary N) is 2. The second-order valence-corrected chi connectivity index (χ2v) is 13.9. The number of esters is 1. The van der Waals surface area contributed by atoms with Crippen LogP contribution in [0.3, 0.4) is 0 Å². The molecule has 0 saturated heterocycles. The minimum Gasteiger partial charge on any atom is -0.458 e. The van der Waals surface area contributed by atoms with Crippen LogP contribution in [0.5, 0.6) is 0 Å². The molecular formula is C38H55N3O7. The molecular weight excluding hydrogens is 610 g/mol. The Bertz CT molecular complexity index is 1350. The molecule has 3 amide bonds. The molecule has 0 bridgehead atoms. The van der Waals surface area contributed by atoms with Gasteiger partial charge >= 0.3 is 12.1 Å². The van der Waals surface area contributed by atoms with Crippen molar-refractivity contribution in [1.29, 1.82) is 0 Å². The Labute approximate surface area is 286 Å². The van der Waals surface area contributed by atoms with Crippen LogP contribution in [-0.4, -0.2) is 70.3 Å². The monoisotopic (exact) mass is 665 g/mol. The van der Waals surface area contributed by atoms with Crippen LogP contribution in [0.1, 0.15) is 103 Å².